The van der Waals surface area contributed by atoms with E-state index in [-0.39, 0.29) is 6.61 Å². The minimum atomic E-state index is -0.473. The van der Waals surface area contributed by atoms with E-state index in [1.54, 1.807) is 19.1 Å². The fourth-order valence-electron chi connectivity index (χ4n) is 1.67. The van der Waals surface area contributed by atoms with E-state index in [1.165, 1.54) is 6.92 Å². The van der Waals surface area contributed by atoms with Gasteiger partial charge in [0.15, 0.2) is 0 Å². The standard InChI is InChI=1S/C14H17BrO4/c1-3-18-14(17)12-8-4-6-11(7-5-9-15)13(12)19-10(2)16/h4,6,8H,3,5,7,9H2,1-2H3. The third-order valence-corrected chi connectivity index (χ3v) is 2.98. The Morgan fingerprint density at radius 3 is 2.63 bits per heavy atom. The van der Waals surface area contributed by atoms with Gasteiger partial charge < -0.3 is 9.47 Å². The second-order valence-corrected chi connectivity index (χ2v) is 4.69. The van der Waals surface area contributed by atoms with Crippen LogP contribution in [0, 0.1) is 0 Å². The highest BCUT2D eigenvalue weighted by molar-refractivity contribution is 9.09. The third kappa shape index (κ3) is 4.67. The lowest BCUT2D eigenvalue weighted by atomic mass is 10.0. The van der Waals surface area contributed by atoms with Crippen LogP contribution in [0.2, 0.25) is 0 Å². The molecule has 5 heteroatoms. The van der Waals surface area contributed by atoms with Gasteiger partial charge in [-0.05, 0) is 31.4 Å². The van der Waals surface area contributed by atoms with Crippen molar-refractivity contribution in [2.45, 2.75) is 26.7 Å². The van der Waals surface area contributed by atoms with Crippen LogP contribution >= 0.6 is 15.9 Å². The highest BCUT2D eigenvalue weighted by Crippen LogP contribution is 2.26. The summed E-state index contributed by atoms with van der Waals surface area (Å²) in [7, 11) is 0. The number of hydrogen-bond acceptors (Lipinski definition) is 4. The molecule has 0 aliphatic heterocycles. The molecule has 4 nitrogen and oxygen atoms in total. The van der Waals surface area contributed by atoms with E-state index in [4.69, 9.17) is 9.47 Å². The summed E-state index contributed by atoms with van der Waals surface area (Å²) in [5.74, 6) is -0.606. The molecule has 0 heterocycles. The van der Waals surface area contributed by atoms with Gasteiger partial charge in [0.25, 0.3) is 0 Å². The van der Waals surface area contributed by atoms with Crippen molar-refractivity contribution in [3.8, 4) is 5.75 Å². The SMILES string of the molecule is CCOC(=O)c1cccc(CCCBr)c1OC(C)=O. The molecule has 1 aromatic rings. The van der Waals surface area contributed by atoms with Crippen molar-refractivity contribution in [3.63, 3.8) is 0 Å². The fourth-order valence-corrected chi connectivity index (χ4v) is 1.95. The van der Waals surface area contributed by atoms with Crippen LogP contribution in [0.15, 0.2) is 18.2 Å². The normalized spacial score (nSPS) is 10.1. The van der Waals surface area contributed by atoms with Crippen LogP contribution in [-0.4, -0.2) is 23.9 Å². The van der Waals surface area contributed by atoms with Gasteiger partial charge in [-0.15, -0.1) is 0 Å². The average Bonchev–Trinajstić information content (AvgIpc) is 2.37. The Morgan fingerprint density at radius 2 is 2.05 bits per heavy atom. The number of aryl methyl sites for hydroxylation is 1. The summed E-state index contributed by atoms with van der Waals surface area (Å²) >= 11 is 3.36. The van der Waals surface area contributed by atoms with Gasteiger partial charge in [-0.2, -0.15) is 0 Å². The molecule has 0 unspecified atom stereocenters. The van der Waals surface area contributed by atoms with E-state index in [9.17, 15) is 9.59 Å². The summed E-state index contributed by atoms with van der Waals surface area (Å²) in [6.07, 6.45) is 1.61. The van der Waals surface area contributed by atoms with Crippen molar-refractivity contribution in [1.82, 2.24) is 0 Å². The summed E-state index contributed by atoms with van der Waals surface area (Å²) in [6, 6.07) is 5.22. The van der Waals surface area contributed by atoms with Crippen LogP contribution in [0.1, 0.15) is 36.2 Å². The largest absolute Gasteiger partial charge is 0.462 e. The van der Waals surface area contributed by atoms with Crippen LogP contribution in [0.25, 0.3) is 0 Å². The molecule has 0 atom stereocenters. The van der Waals surface area contributed by atoms with Crippen molar-refractivity contribution in [1.29, 1.82) is 0 Å². The van der Waals surface area contributed by atoms with E-state index in [0.717, 1.165) is 23.7 Å². The molecular weight excluding hydrogens is 312 g/mol. The number of ether oxygens (including phenoxy) is 2. The van der Waals surface area contributed by atoms with Gasteiger partial charge in [0.1, 0.15) is 11.3 Å². The van der Waals surface area contributed by atoms with Gasteiger partial charge in [0.2, 0.25) is 0 Å². The Kier molecular flexibility index (Phi) is 6.56. The smallest absolute Gasteiger partial charge is 0.341 e. The molecule has 0 aromatic heterocycles. The van der Waals surface area contributed by atoms with E-state index >= 15 is 0 Å². The van der Waals surface area contributed by atoms with Crippen molar-refractivity contribution in [2.75, 3.05) is 11.9 Å². The number of carbonyl (C=O) groups excluding carboxylic acids is 2. The minimum Gasteiger partial charge on any atom is -0.462 e. The van der Waals surface area contributed by atoms with Crippen molar-refractivity contribution < 1.29 is 19.1 Å². The van der Waals surface area contributed by atoms with Crippen LogP contribution in [0.5, 0.6) is 5.75 Å². The molecule has 0 bridgehead atoms. The number of halogens is 1. The van der Waals surface area contributed by atoms with Crippen LogP contribution in [0.4, 0.5) is 0 Å². The van der Waals surface area contributed by atoms with Gasteiger partial charge in [0, 0.05) is 12.3 Å². The molecule has 19 heavy (non-hydrogen) atoms. The number of para-hydroxylation sites is 1. The Labute approximate surface area is 121 Å². The molecule has 0 amide bonds. The minimum absolute atomic E-state index is 0.282. The number of esters is 2. The maximum Gasteiger partial charge on any atom is 0.341 e. The lowest BCUT2D eigenvalue weighted by molar-refractivity contribution is -0.131. The number of hydrogen-bond donors (Lipinski definition) is 0. The van der Waals surface area contributed by atoms with Crippen molar-refractivity contribution in [3.05, 3.63) is 29.3 Å². The van der Waals surface area contributed by atoms with E-state index < -0.39 is 11.9 Å². The number of benzene rings is 1. The summed E-state index contributed by atoms with van der Waals surface area (Å²) in [5.41, 5.74) is 1.13. The lowest BCUT2D eigenvalue weighted by Crippen LogP contribution is -2.12. The Morgan fingerprint density at radius 1 is 1.32 bits per heavy atom. The summed E-state index contributed by atoms with van der Waals surface area (Å²) in [4.78, 5) is 23.0. The second-order valence-electron chi connectivity index (χ2n) is 3.90. The van der Waals surface area contributed by atoms with Gasteiger partial charge in [-0.25, -0.2) is 4.79 Å². The maximum absolute atomic E-state index is 11.9. The molecule has 0 saturated heterocycles. The molecule has 1 aromatic carbocycles. The van der Waals surface area contributed by atoms with Crippen molar-refractivity contribution >= 4 is 27.9 Å². The van der Waals surface area contributed by atoms with Crippen LogP contribution < -0.4 is 4.74 Å². The van der Waals surface area contributed by atoms with E-state index in [0.29, 0.717) is 11.3 Å². The van der Waals surface area contributed by atoms with Crippen LogP contribution in [0.3, 0.4) is 0 Å². The fraction of sp³-hybridized carbons (Fsp3) is 0.429. The predicted octanol–water partition coefficient (Wildman–Crippen LogP) is 3.12. The predicted molar refractivity (Wildman–Crippen MR) is 75.8 cm³/mol. The van der Waals surface area contributed by atoms with Crippen LogP contribution in [-0.2, 0) is 16.0 Å². The zero-order valence-corrected chi connectivity index (χ0v) is 12.7. The van der Waals surface area contributed by atoms with Gasteiger partial charge in [0.05, 0.1) is 6.61 Å². The zero-order valence-electron chi connectivity index (χ0n) is 11.1. The van der Waals surface area contributed by atoms with Gasteiger partial charge in [-0.3, -0.25) is 4.79 Å². The summed E-state index contributed by atoms with van der Waals surface area (Å²) < 4.78 is 10.2. The first-order chi connectivity index (χ1) is 9.10. The molecule has 0 N–H and O–H groups in total. The van der Waals surface area contributed by atoms with E-state index in [1.807, 2.05) is 6.07 Å². The molecule has 0 radical (unpaired) electrons. The number of alkyl halides is 1. The Bertz CT molecular complexity index is 457. The quantitative estimate of drug-likeness (QED) is 0.457. The molecule has 0 fully saturated rings. The topological polar surface area (TPSA) is 52.6 Å². The summed E-state index contributed by atoms with van der Waals surface area (Å²) in [5, 5.41) is 0.843. The zero-order chi connectivity index (χ0) is 14.3. The highest BCUT2D eigenvalue weighted by Gasteiger charge is 2.18. The maximum atomic E-state index is 11.9. The molecule has 1 rings (SSSR count). The molecule has 0 spiro atoms. The Hall–Kier alpha value is -1.36. The van der Waals surface area contributed by atoms with Crippen molar-refractivity contribution in [2.24, 2.45) is 0 Å². The van der Waals surface area contributed by atoms with E-state index in [2.05, 4.69) is 15.9 Å². The summed E-state index contributed by atoms with van der Waals surface area (Å²) in [6.45, 7) is 3.33. The average molecular weight is 329 g/mol. The first-order valence-electron chi connectivity index (χ1n) is 6.13. The Balaban J connectivity index is 3.13. The number of rotatable bonds is 6. The molecule has 0 aliphatic rings. The first-order valence-corrected chi connectivity index (χ1v) is 7.25. The monoisotopic (exact) mass is 328 g/mol. The molecule has 104 valence electrons. The molecule has 0 aliphatic carbocycles. The van der Waals surface area contributed by atoms with Gasteiger partial charge >= 0.3 is 11.9 Å². The molecule has 0 saturated carbocycles. The molecular formula is C14H17BrO4. The highest BCUT2D eigenvalue weighted by atomic mass is 79.9. The third-order valence-electron chi connectivity index (χ3n) is 2.42. The van der Waals surface area contributed by atoms with Gasteiger partial charge in [-0.1, -0.05) is 28.1 Å². The first kappa shape index (κ1) is 15.7. The second kappa shape index (κ2) is 7.94. The number of carbonyl (C=O) groups is 2. The lowest BCUT2D eigenvalue weighted by Gasteiger charge is -2.12.